The van der Waals surface area contributed by atoms with Gasteiger partial charge >= 0.3 is 0 Å². The summed E-state index contributed by atoms with van der Waals surface area (Å²) in [6.45, 7) is 8.13. The Morgan fingerprint density at radius 2 is 1.17 bits per heavy atom. The molecule has 2 aromatic heterocycles. The number of benzene rings is 4. The molecule has 4 nitrogen and oxygen atoms in total. The van der Waals surface area contributed by atoms with Crippen molar-refractivity contribution in [3.63, 3.8) is 0 Å². The van der Waals surface area contributed by atoms with Gasteiger partial charge in [-0.15, -0.1) is 0 Å². The Kier molecular flexibility index (Phi) is 8.97. The Morgan fingerprint density at radius 1 is 0.714 bits per heavy atom. The molecule has 0 aliphatic rings. The van der Waals surface area contributed by atoms with Crippen LogP contribution in [0.15, 0.2) is 116 Å². The number of Topliss-reactive ketones (excluding diaryl/α,β-unsaturated/α-hetero) is 1. The van der Waals surface area contributed by atoms with Crippen molar-refractivity contribution in [3.05, 3.63) is 137 Å². The van der Waals surface area contributed by atoms with Crippen LogP contribution >= 0.6 is 23.2 Å². The van der Waals surface area contributed by atoms with Crippen LogP contribution in [0.3, 0.4) is 0 Å². The second-order valence-electron chi connectivity index (χ2n) is 9.58. The third-order valence-corrected chi connectivity index (χ3v) is 7.15. The first-order chi connectivity index (χ1) is 20.3. The maximum atomic E-state index is 11.9. The highest BCUT2D eigenvalue weighted by molar-refractivity contribution is 6.31. The Hall–Kier alpha value is -4.51. The third-order valence-electron chi connectivity index (χ3n) is 6.68. The van der Waals surface area contributed by atoms with Crippen LogP contribution in [0.1, 0.15) is 31.2 Å². The van der Waals surface area contributed by atoms with Gasteiger partial charge in [0.15, 0.2) is 5.78 Å². The number of hydrogen-bond donors (Lipinski definition) is 0. The molecule has 0 radical (unpaired) electrons. The first-order valence-electron chi connectivity index (χ1n) is 13.5. The predicted octanol–water partition coefficient (Wildman–Crippen LogP) is 10.6. The number of carbonyl (C=O) groups excluding carboxylic acids is 1. The average molecular weight is 595 g/mol. The largest absolute Gasteiger partial charge is 0.494 e. The highest BCUT2D eigenvalue weighted by Gasteiger charge is 2.12. The van der Waals surface area contributed by atoms with Crippen molar-refractivity contribution in [2.75, 3.05) is 6.61 Å². The molecule has 0 aliphatic heterocycles. The summed E-state index contributed by atoms with van der Waals surface area (Å²) in [5.74, 6) is 0.673. The Balaban J connectivity index is 0.000000193. The van der Waals surface area contributed by atoms with Gasteiger partial charge in [0, 0.05) is 44.5 Å². The smallest absolute Gasteiger partial charge is 0.160 e. The fraction of sp³-hybridized carbons (Fsp3) is 0.0833. The molecule has 42 heavy (non-hydrogen) atoms. The maximum Gasteiger partial charge on any atom is 0.160 e. The van der Waals surface area contributed by atoms with Gasteiger partial charge in [0.2, 0.25) is 0 Å². The van der Waals surface area contributed by atoms with Gasteiger partial charge in [-0.2, -0.15) is 0 Å². The van der Waals surface area contributed by atoms with E-state index in [-0.39, 0.29) is 7.21 Å². The number of pyridine rings is 2. The summed E-state index contributed by atoms with van der Waals surface area (Å²) in [6.07, 6.45) is 0. The number of rotatable bonds is 6. The minimum atomic E-state index is 0. The first-order valence-corrected chi connectivity index (χ1v) is 14.2. The van der Waals surface area contributed by atoms with Crippen LogP contribution in [0.5, 0.6) is 0 Å². The molecule has 4 aromatic carbocycles. The van der Waals surface area contributed by atoms with Crippen LogP contribution in [-0.4, -0.2) is 22.4 Å². The summed E-state index contributed by atoms with van der Waals surface area (Å²) >= 11 is 12.1. The molecule has 0 spiro atoms. The van der Waals surface area contributed by atoms with Crippen LogP contribution in [-0.2, 0) is 4.74 Å². The molecule has 6 heteroatoms. The molecule has 0 aliphatic carbocycles. The SMILES string of the molecule is C=C(OCC)c1cc(-c2ccccc2)nc2cc(Cl)ccc12.CC(=O)c1cc(-c2ccccc2)nc2cc(Cl)ccc12.[2HH]. The zero-order valence-electron chi connectivity index (χ0n) is 23.3. The highest BCUT2D eigenvalue weighted by Crippen LogP contribution is 2.31. The number of fused-ring (bicyclic) bond motifs is 2. The lowest BCUT2D eigenvalue weighted by atomic mass is 10.0. The summed E-state index contributed by atoms with van der Waals surface area (Å²) in [5.41, 5.74) is 6.89. The van der Waals surface area contributed by atoms with E-state index < -0.39 is 0 Å². The average Bonchev–Trinajstić information content (AvgIpc) is 3.01. The van der Waals surface area contributed by atoms with E-state index in [1.807, 2.05) is 104 Å². The van der Waals surface area contributed by atoms with Gasteiger partial charge in [-0.3, -0.25) is 4.79 Å². The van der Waals surface area contributed by atoms with Crippen molar-refractivity contribution < 1.29 is 11.0 Å². The summed E-state index contributed by atoms with van der Waals surface area (Å²) in [6, 6.07) is 34.8. The van der Waals surface area contributed by atoms with Crippen molar-refractivity contribution in [2.24, 2.45) is 0 Å². The molecule has 0 saturated carbocycles. The lowest BCUT2D eigenvalue weighted by Crippen LogP contribution is -1.97. The molecule has 0 saturated heterocycles. The Bertz CT molecular complexity index is 1910. The van der Waals surface area contributed by atoms with E-state index in [1.165, 1.54) is 0 Å². The molecule has 0 atom stereocenters. The minimum absolute atomic E-state index is 0. The quantitative estimate of drug-likeness (QED) is 0.142. The minimum Gasteiger partial charge on any atom is -0.494 e. The van der Waals surface area contributed by atoms with Crippen molar-refractivity contribution >= 4 is 56.6 Å². The van der Waals surface area contributed by atoms with E-state index in [0.29, 0.717) is 28.0 Å². The number of aromatic nitrogens is 2. The lowest BCUT2D eigenvalue weighted by molar-refractivity contribution is 0.101. The first kappa shape index (κ1) is 29.0. The van der Waals surface area contributed by atoms with Crippen LogP contribution in [0.25, 0.3) is 50.1 Å². The molecule has 0 amide bonds. The van der Waals surface area contributed by atoms with Crippen molar-refractivity contribution in [1.82, 2.24) is 9.97 Å². The highest BCUT2D eigenvalue weighted by atomic mass is 35.5. The van der Waals surface area contributed by atoms with Crippen LogP contribution in [0.4, 0.5) is 0 Å². The maximum absolute atomic E-state index is 11.9. The van der Waals surface area contributed by atoms with E-state index in [9.17, 15) is 4.79 Å². The fourth-order valence-corrected chi connectivity index (χ4v) is 5.02. The summed E-state index contributed by atoms with van der Waals surface area (Å²) in [4.78, 5) is 21.2. The number of ether oxygens (including phenoxy) is 1. The van der Waals surface area contributed by atoms with Crippen molar-refractivity contribution in [2.45, 2.75) is 13.8 Å². The molecule has 6 aromatic rings. The van der Waals surface area contributed by atoms with Gasteiger partial charge < -0.3 is 4.74 Å². The Morgan fingerprint density at radius 3 is 1.62 bits per heavy atom. The number of nitrogens with zero attached hydrogens (tertiary/aromatic N) is 2. The lowest BCUT2D eigenvalue weighted by Gasteiger charge is -2.12. The van der Waals surface area contributed by atoms with Crippen LogP contribution in [0.2, 0.25) is 10.0 Å². The van der Waals surface area contributed by atoms with E-state index in [0.717, 1.165) is 49.9 Å². The Labute approximate surface area is 256 Å². The fourth-order valence-electron chi connectivity index (χ4n) is 4.69. The summed E-state index contributed by atoms with van der Waals surface area (Å²) in [5, 5.41) is 3.10. The van der Waals surface area contributed by atoms with Crippen molar-refractivity contribution in [1.29, 1.82) is 0 Å². The van der Waals surface area contributed by atoms with Gasteiger partial charge in [-0.25, -0.2) is 9.97 Å². The second kappa shape index (κ2) is 13.0. The van der Waals surface area contributed by atoms with E-state index >= 15 is 0 Å². The van der Waals surface area contributed by atoms with Gasteiger partial charge in [-0.1, -0.05) is 103 Å². The van der Waals surface area contributed by atoms with E-state index in [2.05, 4.69) is 11.6 Å². The number of halogens is 2. The van der Waals surface area contributed by atoms with Gasteiger partial charge in [0.05, 0.1) is 29.0 Å². The molecule has 210 valence electrons. The second-order valence-corrected chi connectivity index (χ2v) is 10.5. The van der Waals surface area contributed by atoms with Gasteiger partial charge in [-0.05, 0) is 50.2 Å². The molecule has 0 N–H and O–H groups in total. The zero-order valence-corrected chi connectivity index (χ0v) is 24.8. The molecule has 0 fully saturated rings. The van der Waals surface area contributed by atoms with Crippen LogP contribution in [0, 0.1) is 0 Å². The summed E-state index contributed by atoms with van der Waals surface area (Å²) < 4.78 is 5.60. The molecule has 0 unspecified atom stereocenters. The van der Waals surface area contributed by atoms with E-state index in [4.69, 9.17) is 32.9 Å². The zero-order chi connectivity index (χ0) is 29.6. The third kappa shape index (κ3) is 6.52. The molecular weight excluding hydrogens is 563 g/mol. The molecule has 2 heterocycles. The molecular formula is C36H30Cl2N2O2. The molecule has 6 rings (SSSR count). The number of carbonyl (C=O) groups is 1. The topological polar surface area (TPSA) is 52.1 Å². The number of ketones is 1. The van der Waals surface area contributed by atoms with Crippen molar-refractivity contribution in [3.8, 4) is 22.5 Å². The van der Waals surface area contributed by atoms with Gasteiger partial charge in [0.1, 0.15) is 5.76 Å². The number of hydrogen-bond acceptors (Lipinski definition) is 4. The van der Waals surface area contributed by atoms with Crippen LogP contribution < -0.4 is 0 Å². The predicted molar refractivity (Wildman–Crippen MR) is 177 cm³/mol. The molecule has 0 bridgehead atoms. The normalized spacial score (nSPS) is 10.7. The van der Waals surface area contributed by atoms with E-state index in [1.54, 1.807) is 19.1 Å². The van der Waals surface area contributed by atoms with Gasteiger partial charge in [0.25, 0.3) is 0 Å². The summed E-state index contributed by atoms with van der Waals surface area (Å²) in [7, 11) is 0. The monoisotopic (exact) mass is 593 g/mol. The standard InChI is InChI=1S/C19H16ClNO.C17H12ClNO.H2/c1-3-22-13(2)17-12-18(14-7-5-4-6-8-14)21-19-11-15(20)9-10-16(17)19;1-11(20)15-10-16(12-5-3-2-4-6-12)19-17-9-13(18)7-8-14(15)17;/h4-12H,2-3H2,1H3;2-10H,1H3;1H/i;;1+1.